The van der Waals surface area contributed by atoms with E-state index in [1.54, 1.807) is 79.1 Å². The Labute approximate surface area is 540 Å². The summed E-state index contributed by atoms with van der Waals surface area (Å²) in [4.78, 5) is 42.4. The van der Waals surface area contributed by atoms with Gasteiger partial charge < -0.3 is 46.1 Å². The van der Waals surface area contributed by atoms with Crippen LogP contribution >= 0.6 is 23.2 Å². The van der Waals surface area contributed by atoms with Gasteiger partial charge >= 0.3 is 0 Å². The van der Waals surface area contributed by atoms with Gasteiger partial charge in [0.25, 0.3) is 17.7 Å². The quantitative estimate of drug-likeness (QED) is 0.0637. The number of hydrogen-bond acceptors (Lipinski definition) is 12. The second-order valence-corrected chi connectivity index (χ2v) is 28.3. The second kappa shape index (κ2) is 28.3. The van der Waals surface area contributed by atoms with Crippen LogP contribution in [0.1, 0.15) is 164 Å². The molecule has 3 fully saturated rings. The van der Waals surface area contributed by atoms with Crippen molar-refractivity contribution >= 4 is 40.9 Å². The zero-order valence-corrected chi connectivity index (χ0v) is 55.0. The summed E-state index contributed by atoms with van der Waals surface area (Å²) in [6.07, 6.45) is 8.55. The fraction of sp³-hybridized carbons (Fsp3) is 0.370. The highest BCUT2D eigenvalue weighted by atomic mass is 35.5. The molecule has 0 bridgehead atoms. The standard InChI is InChI=1S/C28H29ClN4O2.C23H26ClN3O2.C22H28N2O2/c1-27(2)15-20(16-28(3,4)33-27)32-26(34)19-8-9-25(23(29)14-19)35-24-7-5-6-21(22(24)17-30)18-10-12-31-13-11-18;1-22(2)12-17(13-23(3,4)27-22)26-21(28)15-9-10-20(18(24)11-15)29-19-8-6-5-7-16(19)14-25;1-21(2)14-17(15-22(3,4)24-21)23-20(25)16-10-12-19(13-11-16)26-18-8-6-5-7-9-18/h5-14,20,33H,15-16H2,1-4H3,(H,32,34);5-11,17,27H,12-13H2,1-4H3,(H,26,28);5-13,17,24H,14-15H2,1-4H3,(H,23,25). The lowest BCUT2D eigenvalue weighted by molar-refractivity contribution is 0.0861. The summed E-state index contributed by atoms with van der Waals surface area (Å²) in [6.45, 7) is 25.9. The Hall–Kier alpha value is -8.28. The smallest absolute Gasteiger partial charge is 0.251 e. The fourth-order valence-corrected chi connectivity index (χ4v) is 13.7. The lowest BCUT2D eigenvalue weighted by Gasteiger charge is -2.46. The molecule has 6 N–H and O–H groups in total. The van der Waals surface area contributed by atoms with Crippen molar-refractivity contribution in [2.24, 2.45) is 0 Å². The SMILES string of the molecule is CC1(C)CC(NC(=O)c2ccc(Oc3cccc(-c4ccncc4)c3C#N)c(Cl)c2)CC(C)(C)N1.CC1(C)CC(NC(=O)c2ccc(Oc3ccccc3)cc2)CC(C)(C)N1.CC1(C)CC(NC(=O)c2ccc(Oc3ccccc3C#N)c(Cl)c2)CC(C)(C)N1. The van der Waals surface area contributed by atoms with E-state index in [4.69, 9.17) is 37.4 Å². The Bertz CT molecular complexity index is 3720. The summed E-state index contributed by atoms with van der Waals surface area (Å²) in [6, 6.07) is 47.4. The number of aromatic nitrogens is 1. The van der Waals surface area contributed by atoms with E-state index in [9.17, 15) is 24.9 Å². The molecular formula is C73H83Cl2N9O6. The number of benzene rings is 6. The summed E-state index contributed by atoms with van der Waals surface area (Å²) < 4.78 is 17.6. The normalized spacial score (nSPS) is 17.8. The van der Waals surface area contributed by atoms with Gasteiger partial charge in [0.2, 0.25) is 0 Å². The predicted molar refractivity (Wildman–Crippen MR) is 357 cm³/mol. The highest BCUT2D eigenvalue weighted by Crippen LogP contribution is 2.38. The molecule has 3 aliphatic rings. The van der Waals surface area contributed by atoms with Gasteiger partial charge in [-0.3, -0.25) is 19.4 Å². The maximum Gasteiger partial charge on any atom is 0.251 e. The molecular weight excluding hydrogens is 1170 g/mol. The van der Waals surface area contributed by atoms with Crippen LogP contribution in [-0.2, 0) is 0 Å². The van der Waals surface area contributed by atoms with Gasteiger partial charge in [0, 0.05) is 86.0 Å². The molecule has 3 saturated heterocycles. The van der Waals surface area contributed by atoms with Gasteiger partial charge in [-0.2, -0.15) is 10.5 Å². The number of nitriles is 2. The Morgan fingerprint density at radius 3 is 1.27 bits per heavy atom. The number of piperidine rings is 3. The molecule has 15 nitrogen and oxygen atoms in total. The van der Waals surface area contributed by atoms with Crippen LogP contribution in [-0.4, -0.2) is 74.1 Å². The molecule has 0 spiro atoms. The second-order valence-electron chi connectivity index (χ2n) is 27.5. The summed E-state index contributed by atoms with van der Waals surface area (Å²) in [7, 11) is 0. The molecule has 0 unspecified atom stereocenters. The number of ether oxygens (including phenoxy) is 3. The van der Waals surface area contributed by atoms with E-state index in [0.29, 0.717) is 60.9 Å². The van der Waals surface area contributed by atoms with Gasteiger partial charge in [0.15, 0.2) is 0 Å². The van der Waals surface area contributed by atoms with Gasteiger partial charge in [-0.1, -0.05) is 65.7 Å². The van der Waals surface area contributed by atoms with E-state index >= 15 is 0 Å². The average molecular weight is 1250 g/mol. The van der Waals surface area contributed by atoms with Gasteiger partial charge in [0.05, 0.1) is 15.6 Å². The largest absolute Gasteiger partial charge is 0.457 e. The first kappa shape index (κ1) is 67.6. The van der Waals surface area contributed by atoms with Crippen molar-refractivity contribution in [3.05, 3.63) is 196 Å². The molecule has 10 rings (SSSR count). The van der Waals surface area contributed by atoms with E-state index in [-0.39, 0.29) is 69.1 Å². The third-order valence-corrected chi connectivity index (χ3v) is 16.2. The highest BCUT2D eigenvalue weighted by Gasteiger charge is 2.41. The summed E-state index contributed by atoms with van der Waals surface area (Å²) >= 11 is 12.9. The Kier molecular flexibility index (Phi) is 21.2. The highest BCUT2D eigenvalue weighted by molar-refractivity contribution is 6.32. The molecule has 3 amide bonds. The lowest BCUT2D eigenvalue weighted by Crippen LogP contribution is -2.62. The summed E-state index contributed by atoms with van der Waals surface area (Å²) in [5.41, 5.74) is 3.78. The van der Waals surface area contributed by atoms with E-state index in [0.717, 1.165) is 61.2 Å². The number of amides is 3. The molecule has 17 heteroatoms. The maximum absolute atomic E-state index is 13.0. The van der Waals surface area contributed by atoms with Crippen molar-refractivity contribution in [3.8, 4) is 57.8 Å². The first-order valence-electron chi connectivity index (χ1n) is 30.4. The molecule has 0 saturated carbocycles. The van der Waals surface area contributed by atoms with Crippen molar-refractivity contribution < 1.29 is 28.6 Å². The van der Waals surface area contributed by atoms with Crippen molar-refractivity contribution in [1.29, 1.82) is 10.5 Å². The van der Waals surface area contributed by atoms with Gasteiger partial charge in [-0.25, -0.2) is 0 Å². The Morgan fingerprint density at radius 2 is 0.833 bits per heavy atom. The molecule has 0 aliphatic carbocycles. The van der Waals surface area contributed by atoms with Crippen molar-refractivity contribution in [3.63, 3.8) is 0 Å². The third kappa shape index (κ3) is 19.1. The minimum atomic E-state index is -0.172. The molecule has 6 aromatic carbocycles. The van der Waals surface area contributed by atoms with E-state index in [1.165, 1.54) is 0 Å². The van der Waals surface area contributed by atoms with Crippen LogP contribution < -0.4 is 46.1 Å². The Morgan fingerprint density at radius 1 is 0.444 bits per heavy atom. The first-order valence-corrected chi connectivity index (χ1v) is 31.1. The molecule has 1 aromatic heterocycles. The first-order chi connectivity index (χ1) is 42.4. The van der Waals surface area contributed by atoms with Crippen LogP contribution in [0.5, 0.6) is 34.5 Å². The minimum absolute atomic E-state index is 0.00702. The van der Waals surface area contributed by atoms with Crippen LogP contribution in [0.15, 0.2) is 158 Å². The number of para-hydroxylation sites is 2. The molecule has 3 aliphatic heterocycles. The third-order valence-electron chi connectivity index (χ3n) is 15.6. The number of nitrogens with zero attached hydrogens (tertiary/aromatic N) is 3. The number of carbonyl (C=O) groups excluding carboxylic acids is 3. The van der Waals surface area contributed by atoms with Crippen LogP contribution in [0, 0.1) is 22.7 Å². The molecule has 0 atom stereocenters. The van der Waals surface area contributed by atoms with Crippen molar-refractivity contribution in [2.75, 3.05) is 0 Å². The molecule has 470 valence electrons. The topological polar surface area (TPSA) is 212 Å². The number of halogens is 2. The van der Waals surface area contributed by atoms with Crippen LogP contribution in [0.2, 0.25) is 10.0 Å². The maximum atomic E-state index is 13.0. The number of rotatable bonds is 13. The van der Waals surface area contributed by atoms with Crippen molar-refractivity contribution in [1.82, 2.24) is 36.9 Å². The number of pyridine rings is 1. The zero-order chi connectivity index (χ0) is 65.2. The summed E-state index contributed by atoms with van der Waals surface area (Å²) in [5, 5.41) is 40.0. The Balaban J connectivity index is 0.000000176. The molecule has 4 heterocycles. The minimum Gasteiger partial charge on any atom is -0.457 e. The fourth-order valence-electron chi connectivity index (χ4n) is 13.2. The van der Waals surface area contributed by atoms with Crippen LogP contribution in [0.3, 0.4) is 0 Å². The van der Waals surface area contributed by atoms with Gasteiger partial charge in [-0.15, -0.1) is 0 Å². The monoisotopic (exact) mass is 1250 g/mol. The van der Waals surface area contributed by atoms with E-state index in [2.05, 4.69) is 132 Å². The summed E-state index contributed by atoms with van der Waals surface area (Å²) in [5.74, 6) is 2.72. The van der Waals surface area contributed by atoms with Crippen molar-refractivity contribution in [2.45, 2.75) is 173 Å². The molecule has 7 aromatic rings. The number of nitrogens with one attached hydrogen (secondary N) is 6. The van der Waals surface area contributed by atoms with E-state index < -0.39 is 0 Å². The van der Waals surface area contributed by atoms with Gasteiger partial charge in [-0.05, 0) is 230 Å². The molecule has 0 radical (unpaired) electrons. The predicted octanol–water partition coefficient (Wildman–Crippen LogP) is 15.7. The van der Waals surface area contributed by atoms with E-state index in [1.807, 2.05) is 78.9 Å². The van der Waals surface area contributed by atoms with Crippen LogP contribution in [0.4, 0.5) is 0 Å². The average Bonchev–Trinajstić information content (AvgIpc) is 1.15. The number of carbonyl (C=O) groups is 3. The zero-order valence-electron chi connectivity index (χ0n) is 53.5. The van der Waals surface area contributed by atoms with Gasteiger partial charge in [0.1, 0.15) is 52.2 Å². The molecule has 90 heavy (non-hydrogen) atoms. The van der Waals surface area contributed by atoms with Crippen LogP contribution in [0.25, 0.3) is 11.1 Å². The lowest BCUT2D eigenvalue weighted by atomic mass is 9.79. The number of hydrogen-bond donors (Lipinski definition) is 6.